The van der Waals surface area contributed by atoms with Crippen molar-refractivity contribution >= 4 is 5.97 Å². The Kier molecular flexibility index (Phi) is 5.11. The molecule has 0 aliphatic carbocycles. The molecular formula is C16H21N3O2. The lowest BCUT2D eigenvalue weighted by molar-refractivity contribution is -0.138. The van der Waals surface area contributed by atoms with Crippen molar-refractivity contribution in [1.29, 1.82) is 0 Å². The first-order valence-electron chi connectivity index (χ1n) is 7.07. The zero-order valence-electron chi connectivity index (χ0n) is 12.4. The van der Waals surface area contributed by atoms with E-state index in [2.05, 4.69) is 18.9 Å². The summed E-state index contributed by atoms with van der Waals surface area (Å²) in [6.45, 7) is 5.57. The molecule has 112 valence electrons. The van der Waals surface area contributed by atoms with Crippen molar-refractivity contribution in [1.82, 2.24) is 14.7 Å². The van der Waals surface area contributed by atoms with Crippen molar-refractivity contribution < 1.29 is 9.90 Å². The highest BCUT2D eigenvalue weighted by Gasteiger charge is 2.13. The van der Waals surface area contributed by atoms with E-state index in [0.717, 1.165) is 17.8 Å². The Labute approximate surface area is 124 Å². The zero-order valence-corrected chi connectivity index (χ0v) is 12.4. The molecule has 0 spiro atoms. The molecule has 0 amide bonds. The summed E-state index contributed by atoms with van der Waals surface area (Å²) in [5, 5.41) is 13.3. The van der Waals surface area contributed by atoms with Crippen LogP contribution in [0.4, 0.5) is 0 Å². The molecule has 0 bridgehead atoms. The Balaban J connectivity index is 2.07. The zero-order chi connectivity index (χ0) is 15.2. The van der Waals surface area contributed by atoms with Crippen molar-refractivity contribution in [3.05, 3.63) is 48.3 Å². The van der Waals surface area contributed by atoms with Gasteiger partial charge in [-0.15, -0.1) is 0 Å². The minimum absolute atomic E-state index is 0.0503. The van der Waals surface area contributed by atoms with E-state index in [0.29, 0.717) is 12.5 Å². The third-order valence-corrected chi connectivity index (χ3v) is 3.05. The number of aliphatic carboxylic acids is 1. The van der Waals surface area contributed by atoms with E-state index in [4.69, 9.17) is 5.11 Å². The summed E-state index contributed by atoms with van der Waals surface area (Å²) < 4.78 is 1.81. The lowest BCUT2D eigenvalue weighted by Gasteiger charge is -2.21. The van der Waals surface area contributed by atoms with Crippen molar-refractivity contribution in [2.24, 2.45) is 5.92 Å². The first-order valence-corrected chi connectivity index (χ1v) is 7.07. The molecule has 2 aromatic rings. The first kappa shape index (κ1) is 15.3. The Morgan fingerprint density at radius 3 is 2.67 bits per heavy atom. The molecule has 0 unspecified atom stereocenters. The number of benzene rings is 1. The van der Waals surface area contributed by atoms with Gasteiger partial charge in [0.05, 0.1) is 18.4 Å². The molecule has 0 atom stereocenters. The number of carbonyl (C=O) groups is 1. The average Bonchev–Trinajstić information content (AvgIpc) is 2.86. The van der Waals surface area contributed by atoms with E-state index in [1.807, 2.05) is 46.1 Å². The number of hydrogen-bond acceptors (Lipinski definition) is 3. The van der Waals surface area contributed by atoms with Gasteiger partial charge in [-0.05, 0) is 18.1 Å². The maximum absolute atomic E-state index is 10.9. The first-order chi connectivity index (χ1) is 10.0. The summed E-state index contributed by atoms with van der Waals surface area (Å²) in [5.41, 5.74) is 2.01. The quantitative estimate of drug-likeness (QED) is 0.849. The van der Waals surface area contributed by atoms with Crippen LogP contribution < -0.4 is 0 Å². The number of carboxylic acid groups (broad SMARTS) is 1. The summed E-state index contributed by atoms with van der Waals surface area (Å²) in [7, 11) is 0. The molecule has 1 aromatic carbocycles. The van der Waals surface area contributed by atoms with E-state index in [-0.39, 0.29) is 6.54 Å². The second-order valence-corrected chi connectivity index (χ2v) is 5.59. The van der Waals surface area contributed by atoms with E-state index < -0.39 is 5.97 Å². The van der Waals surface area contributed by atoms with Gasteiger partial charge in [-0.3, -0.25) is 9.69 Å². The number of carboxylic acids is 1. The lowest BCUT2D eigenvalue weighted by Crippen LogP contribution is -2.32. The predicted octanol–water partition coefficient (Wildman–Crippen LogP) is 2.41. The molecule has 0 aliphatic heterocycles. The Hall–Kier alpha value is -2.14. The normalized spacial score (nSPS) is 11.2. The molecule has 1 heterocycles. The second kappa shape index (κ2) is 7.04. The van der Waals surface area contributed by atoms with Gasteiger partial charge in [0.2, 0.25) is 0 Å². The van der Waals surface area contributed by atoms with Crippen LogP contribution in [0.25, 0.3) is 5.69 Å². The summed E-state index contributed by atoms with van der Waals surface area (Å²) in [6.07, 6.45) is 3.74. The number of rotatable bonds is 7. The van der Waals surface area contributed by atoms with Crippen LogP contribution in [-0.4, -0.2) is 38.8 Å². The standard InChI is InChI=1S/C16H21N3O2/c1-13(2)9-18(12-16(20)21)10-14-8-17-19(11-14)15-6-4-3-5-7-15/h3-8,11,13H,9-10,12H2,1-2H3,(H,20,21). The van der Waals surface area contributed by atoms with Crippen LogP contribution in [0.3, 0.4) is 0 Å². The Morgan fingerprint density at radius 1 is 1.33 bits per heavy atom. The molecule has 0 saturated carbocycles. The number of para-hydroxylation sites is 1. The van der Waals surface area contributed by atoms with Crippen molar-refractivity contribution in [3.63, 3.8) is 0 Å². The average molecular weight is 287 g/mol. The SMILES string of the molecule is CC(C)CN(CC(=O)O)Cc1cnn(-c2ccccc2)c1. The molecular weight excluding hydrogens is 266 g/mol. The minimum Gasteiger partial charge on any atom is -0.480 e. The summed E-state index contributed by atoms with van der Waals surface area (Å²) in [5.74, 6) is -0.375. The molecule has 2 rings (SSSR count). The van der Waals surface area contributed by atoms with Crippen LogP contribution in [-0.2, 0) is 11.3 Å². The smallest absolute Gasteiger partial charge is 0.317 e. The lowest BCUT2D eigenvalue weighted by atomic mass is 10.2. The molecule has 5 heteroatoms. The van der Waals surface area contributed by atoms with Crippen LogP contribution in [0.1, 0.15) is 19.4 Å². The predicted molar refractivity (Wildman–Crippen MR) is 81.3 cm³/mol. The van der Waals surface area contributed by atoms with Gasteiger partial charge in [0.25, 0.3) is 0 Å². The van der Waals surface area contributed by atoms with Crippen molar-refractivity contribution in [3.8, 4) is 5.69 Å². The third kappa shape index (κ3) is 4.72. The molecule has 1 N–H and O–H groups in total. The van der Waals surface area contributed by atoms with Crippen LogP contribution in [0, 0.1) is 5.92 Å². The topological polar surface area (TPSA) is 58.4 Å². The van der Waals surface area contributed by atoms with Crippen molar-refractivity contribution in [2.45, 2.75) is 20.4 Å². The maximum Gasteiger partial charge on any atom is 0.317 e. The third-order valence-electron chi connectivity index (χ3n) is 3.05. The van der Waals surface area contributed by atoms with Gasteiger partial charge in [-0.2, -0.15) is 5.10 Å². The number of hydrogen-bond donors (Lipinski definition) is 1. The van der Waals surface area contributed by atoms with Crippen LogP contribution in [0.15, 0.2) is 42.7 Å². The summed E-state index contributed by atoms with van der Waals surface area (Å²) in [4.78, 5) is 12.9. The molecule has 21 heavy (non-hydrogen) atoms. The molecule has 5 nitrogen and oxygen atoms in total. The number of nitrogens with zero attached hydrogens (tertiary/aromatic N) is 3. The van der Waals surface area contributed by atoms with Gasteiger partial charge in [-0.25, -0.2) is 4.68 Å². The molecule has 1 aromatic heterocycles. The van der Waals surface area contributed by atoms with E-state index in [1.54, 1.807) is 6.20 Å². The van der Waals surface area contributed by atoms with Crippen LogP contribution in [0.5, 0.6) is 0 Å². The van der Waals surface area contributed by atoms with Gasteiger partial charge in [0.15, 0.2) is 0 Å². The Bertz CT molecular complexity index is 578. The maximum atomic E-state index is 10.9. The molecule has 0 radical (unpaired) electrons. The molecule has 0 fully saturated rings. The Morgan fingerprint density at radius 2 is 2.05 bits per heavy atom. The highest BCUT2D eigenvalue weighted by molar-refractivity contribution is 5.69. The minimum atomic E-state index is -0.800. The molecule has 0 aliphatic rings. The van der Waals surface area contributed by atoms with Gasteiger partial charge >= 0.3 is 5.97 Å². The van der Waals surface area contributed by atoms with Gasteiger partial charge in [0.1, 0.15) is 0 Å². The monoisotopic (exact) mass is 287 g/mol. The summed E-state index contributed by atoms with van der Waals surface area (Å²) >= 11 is 0. The molecule has 0 saturated heterocycles. The van der Waals surface area contributed by atoms with Gasteiger partial charge in [0, 0.05) is 24.8 Å². The fourth-order valence-electron chi connectivity index (χ4n) is 2.31. The fraction of sp³-hybridized carbons (Fsp3) is 0.375. The van der Waals surface area contributed by atoms with Crippen molar-refractivity contribution in [2.75, 3.05) is 13.1 Å². The van der Waals surface area contributed by atoms with E-state index in [1.165, 1.54) is 0 Å². The van der Waals surface area contributed by atoms with Gasteiger partial charge < -0.3 is 5.11 Å². The van der Waals surface area contributed by atoms with Crippen LogP contribution in [0.2, 0.25) is 0 Å². The van der Waals surface area contributed by atoms with E-state index >= 15 is 0 Å². The van der Waals surface area contributed by atoms with Gasteiger partial charge in [-0.1, -0.05) is 32.0 Å². The fourth-order valence-corrected chi connectivity index (χ4v) is 2.31. The van der Waals surface area contributed by atoms with E-state index in [9.17, 15) is 4.79 Å². The van der Waals surface area contributed by atoms with Crippen LogP contribution >= 0.6 is 0 Å². The number of aromatic nitrogens is 2. The second-order valence-electron chi connectivity index (χ2n) is 5.59. The summed E-state index contributed by atoms with van der Waals surface area (Å²) in [6, 6.07) is 9.86. The highest BCUT2D eigenvalue weighted by Crippen LogP contribution is 2.10. The largest absolute Gasteiger partial charge is 0.480 e. The highest BCUT2D eigenvalue weighted by atomic mass is 16.4.